The van der Waals surface area contributed by atoms with Gasteiger partial charge >= 0.3 is 0 Å². The molecule has 0 aliphatic carbocycles. The zero-order chi connectivity index (χ0) is 16.8. The lowest BCUT2D eigenvalue weighted by Gasteiger charge is -2.32. The number of imidazole rings is 1. The number of piperidine rings is 1. The number of H-pyrrole nitrogens is 1. The molecule has 1 N–H and O–H groups in total. The van der Waals surface area contributed by atoms with E-state index in [9.17, 15) is 0 Å². The van der Waals surface area contributed by atoms with Gasteiger partial charge in [-0.05, 0) is 49.6 Å². The van der Waals surface area contributed by atoms with Crippen LogP contribution >= 0.6 is 0 Å². The minimum Gasteiger partial charge on any atom is -0.354 e. The molecule has 0 spiro atoms. The van der Waals surface area contributed by atoms with Crippen LogP contribution in [0.15, 0.2) is 36.7 Å². The molecule has 1 saturated heterocycles. The van der Waals surface area contributed by atoms with E-state index in [1.807, 2.05) is 12.1 Å². The molecule has 126 valence electrons. The fourth-order valence-corrected chi connectivity index (χ4v) is 3.63. The van der Waals surface area contributed by atoms with Crippen LogP contribution in [0.4, 0.5) is 5.82 Å². The van der Waals surface area contributed by atoms with E-state index >= 15 is 0 Å². The first-order valence-corrected chi connectivity index (χ1v) is 8.64. The Morgan fingerprint density at radius 2 is 2.16 bits per heavy atom. The molecule has 1 aromatic carbocycles. The van der Waals surface area contributed by atoms with Gasteiger partial charge in [-0.15, -0.1) is 15.3 Å². The van der Waals surface area contributed by atoms with Crippen molar-refractivity contribution in [1.29, 1.82) is 0 Å². The number of hydrogen-bond donors (Lipinski definition) is 1. The van der Waals surface area contributed by atoms with Crippen LogP contribution in [0.1, 0.15) is 30.1 Å². The molecule has 1 aliphatic rings. The van der Waals surface area contributed by atoms with Crippen LogP contribution in [-0.4, -0.2) is 42.9 Å². The van der Waals surface area contributed by atoms with Crippen LogP contribution in [0, 0.1) is 6.92 Å². The second kappa shape index (κ2) is 5.54. The number of nitrogens with one attached hydrogen (secondary N) is 1. The van der Waals surface area contributed by atoms with Crippen LogP contribution in [0.2, 0.25) is 0 Å². The number of hydrogen-bond acceptors (Lipinski definition) is 5. The van der Waals surface area contributed by atoms with Crippen LogP contribution < -0.4 is 4.90 Å². The lowest BCUT2D eigenvalue weighted by Crippen LogP contribution is -2.35. The summed E-state index contributed by atoms with van der Waals surface area (Å²) in [5, 5.41) is 12.5. The first-order valence-electron chi connectivity index (χ1n) is 8.64. The highest BCUT2D eigenvalue weighted by atomic mass is 15.4. The van der Waals surface area contributed by atoms with Gasteiger partial charge in [0.05, 0.1) is 11.0 Å². The lowest BCUT2D eigenvalue weighted by atomic mass is 9.97. The molecule has 7 nitrogen and oxygen atoms in total. The quantitative estimate of drug-likeness (QED) is 0.610. The van der Waals surface area contributed by atoms with Gasteiger partial charge in [0.25, 0.3) is 0 Å². The predicted molar refractivity (Wildman–Crippen MR) is 95.8 cm³/mol. The topological polar surface area (TPSA) is 75.0 Å². The molecule has 3 aromatic heterocycles. The van der Waals surface area contributed by atoms with Crippen molar-refractivity contribution < 1.29 is 0 Å². The summed E-state index contributed by atoms with van der Waals surface area (Å²) in [6.45, 7) is 4.03. The maximum absolute atomic E-state index is 4.82. The van der Waals surface area contributed by atoms with E-state index in [1.165, 1.54) is 5.56 Å². The number of benzene rings is 1. The highest BCUT2D eigenvalue weighted by Gasteiger charge is 2.25. The Hall–Kier alpha value is -2.96. The summed E-state index contributed by atoms with van der Waals surface area (Å²) in [4.78, 5) is 10.7. The largest absolute Gasteiger partial charge is 0.354 e. The third-order valence-corrected chi connectivity index (χ3v) is 4.94. The van der Waals surface area contributed by atoms with Crippen molar-refractivity contribution in [3.05, 3.63) is 48.0 Å². The second-order valence-electron chi connectivity index (χ2n) is 6.75. The molecule has 0 amide bonds. The first kappa shape index (κ1) is 14.4. The molecule has 7 heteroatoms. The molecule has 0 saturated carbocycles. The van der Waals surface area contributed by atoms with Crippen molar-refractivity contribution in [2.24, 2.45) is 0 Å². The van der Waals surface area contributed by atoms with Gasteiger partial charge in [0, 0.05) is 19.0 Å². The van der Waals surface area contributed by atoms with E-state index in [2.05, 4.69) is 50.3 Å². The number of rotatable bonds is 2. The minimum atomic E-state index is 0.389. The second-order valence-corrected chi connectivity index (χ2v) is 6.75. The van der Waals surface area contributed by atoms with Gasteiger partial charge < -0.3 is 9.88 Å². The molecule has 1 aliphatic heterocycles. The normalized spacial score (nSPS) is 18.3. The number of aromatic nitrogens is 6. The minimum absolute atomic E-state index is 0.389. The van der Waals surface area contributed by atoms with E-state index in [0.717, 1.165) is 54.3 Å². The zero-order valence-electron chi connectivity index (χ0n) is 14.1. The van der Waals surface area contributed by atoms with Crippen LogP contribution in [0.25, 0.3) is 16.7 Å². The maximum atomic E-state index is 4.82. The van der Waals surface area contributed by atoms with E-state index in [4.69, 9.17) is 4.98 Å². The summed E-state index contributed by atoms with van der Waals surface area (Å²) >= 11 is 0. The number of anilines is 1. The van der Waals surface area contributed by atoms with Crippen molar-refractivity contribution >= 4 is 22.5 Å². The Kier molecular flexibility index (Phi) is 3.19. The van der Waals surface area contributed by atoms with E-state index in [1.54, 1.807) is 10.8 Å². The molecule has 4 aromatic rings. The van der Waals surface area contributed by atoms with Gasteiger partial charge in [-0.25, -0.2) is 4.98 Å². The Labute approximate surface area is 144 Å². The zero-order valence-corrected chi connectivity index (χ0v) is 14.1. The number of aryl methyl sites for hydroxylation is 1. The van der Waals surface area contributed by atoms with Crippen molar-refractivity contribution in [2.75, 3.05) is 18.0 Å². The van der Waals surface area contributed by atoms with Gasteiger partial charge in [-0.3, -0.25) is 0 Å². The van der Waals surface area contributed by atoms with Gasteiger partial charge in [0.15, 0.2) is 5.65 Å². The third kappa shape index (κ3) is 2.52. The Morgan fingerprint density at radius 3 is 3.12 bits per heavy atom. The van der Waals surface area contributed by atoms with Crippen LogP contribution in [0.3, 0.4) is 0 Å². The summed E-state index contributed by atoms with van der Waals surface area (Å²) < 4.78 is 1.73. The van der Waals surface area contributed by atoms with Crippen molar-refractivity contribution in [3.8, 4) is 0 Å². The van der Waals surface area contributed by atoms with Crippen molar-refractivity contribution in [1.82, 2.24) is 29.8 Å². The highest BCUT2D eigenvalue weighted by Crippen LogP contribution is 2.29. The molecule has 1 unspecified atom stereocenters. The molecule has 0 bridgehead atoms. The summed E-state index contributed by atoms with van der Waals surface area (Å²) in [7, 11) is 0. The number of fused-ring (bicyclic) bond motifs is 2. The molecule has 4 heterocycles. The van der Waals surface area contributed by atoms with Crippen molar-refractivity contribution in [2.45, 2.75) is 25.7 Å². The Balaban J connectivity index is 1.44. The van der Waals surface area contributed by atoms with Gasteiger partial charge in [-0.2, -0.15) is 4.52 Å². The molecule has 1 atom stereocenters. The Morgan fingerprint density at radius 1 is 1.20 bits per heavy atom. The molecule has 5 rings (SSSR count). The first-order chi connectivity index (χ1) is 12.3. The van der Waals surface area contributed by atoms with E-state index < -0.39 is 0 Å². The van der Waals surface area contributed by atoms with E-state index in [-0.39, 0.29) is 0 Å². The lowest BCUT2D eigenvalue weighted by molar-refractivity contribution is 0.491. The van der Waals surface area contributed by atoms with Crippen LogP contribution in [0.5, 0.6) is 0 Å². The molecule has 1 fully saturated rings. The SMILES string of the molecule is Cc1ccc2nc(C3CCCN(c4ccc5nncn5n4)C3)[nH]c2c1. The molecular formula is C18H19N7. The standard InChI is InChI=1S/C18H19N7/c1-12-4-5-14-15(9-12)21-18(20-14)13-3-2-8-24(10-13)17-7-6-16-22-19-11-25(16)23-17/h4-7,9,11,13H,2-3,8,10H2,1H3,(H,20,21). The summed E-state index contributed by atoms with van der Waals surface area (Å²) in [5.74, 6) is 2.43. The monoisotopic (exact) mass is 333 g/mol. The molecule has 25 heavy (non-hydrogen) atoms. The highest BCUT2D eigenvalue weighted by molar-refractivity contribution is 5.76. The van der Waals surface area contributed by atoms with Crippen LogP contribution in [-0.2, 0) is 0 Å². The predicted octanol–water partition coefficient (Wildman–Crippen LogP) is 2.69. The number of aromatic amines is 1. The summed E-state index contributed by atoms with van der Waals surface area (Å²) in [6, 6.07) is 10.3. The van der Waals surface area contributed by atoms with Gasteiger partial charge in [-0.1, -0.05) is 6.07 Å². The average Bonchev–Trinajstić information content (AvgIpc) is 3.27. The number of nitrogens with zero attached hydrogens (tertiary/aromatic N) is 6. The maximum Gasteiger partial charge on any atom is 0.177 e. The van der Waals surface area contributed by atoms with E-state index in [0.29, 0.717) is 5.92 Å². The third-order valence-electron chi connectivity index (χ3n) is 4.94. The summed E-state index contributed by atoms with van der Waals surface area (Å²) in [5.41, 5.74) is 4.18. The van der Waals surface area contributed by atoms with Gasteiger partial charge in [0.2, 0.25) is 0 Å². The smallest absolute Gasteiger partial charge is 0.177 e. The summed E-state index contributed by atoms with van der Waals surface area (Å²) in [6.07, 6.45) is 3.91. The fraction of sp³-hybridized carbons (Fsp3) is 0.333. The molecule has 0 radical (unpaired) electrons. The fourth-order valence-electron chi connectivity index (χ4n) is 3.63. The van der Waals surface area contributed by atoms with Gasteiger partial charge in [0.1, 0.15) is 18.0 Å². The Bertz CT molecular complexity index is 1050. The molecular weight excluding hydrogens is 314 g/mol. The van der Waals surface area contributed by atoms with Crippen molar-refractivity contribution in [3.63, 3.8) is 0 Å². The average molecular weight is 333 g/mol.